The summed E-state index contributed by atoms with van der Waals surface area (Å²) < 4.78 is 14.3. The molecular weight excluding hydrogens is 506 g/mol. The molecule has 0 N–H and O–H groups in total. The maximum Gasteiger partial charge on any atom is 0.282 e. The lowest BCUT2D eigenvalue weighted by molar-refractivity contribution is 0.201. The van der Waals surface area contributed by atoms with Crippen LogP contribution in [-0.4, -0.2) is 28.6 Å². The zero-order valence-electron chi connectivity index (χ0n) is 21.4. The molecule has 0 amide bonds. The van der Waals surface area contributed by atoms with E-state index in [-0.39, 0.29) is 11.7 Å². The van der Waals surface area contributed by atoms with Crippen molar-refractivity contribution < 1.29 is 9.47 Å². The van der Waals surface area contributed by atoms with Crippen LogP contribution < -0.4 is 15.0 Å². The maximum atomic E-state index is 13.4. The van der Waals surface area contributed by atoms with Gasteiger partial charge in [-0.15, -0.1) is 6.58 Å². The first kappa shape index (κ1) is 26.7. The molecule has 3 aromatic rings. The second-order valence-corrected chi connectivity index (χ2v) is 10.4. The molecule has 0 saturated heterocycles. The molecule has 3 rings (SSSR count). The topological polar surface area (TPSA) is 65.7 Å². The fraction of sp³-hybridized carbons (Fsp3) is 0.393. The molecule has 0 radical (unpaired) electrons. The van der Waals surface area contributed by atoms with Gasteiger partial charge in [-0.1, -0.05) is 49.7 Å². The SMILES string of the molecule is C=CCc1cc(C=Nn2c(C(C)(C)C)nc3ccc(Br)cc3c2=O)cc(OCC)c1O[C@@H](C)CC. The summed E-state index contributed by atoms with van der Waals surface area (Å²) in [6.45, 7) is 16.5. The first-order valence-corrected chi connectivity index (χ1v) is 12.7. The average Bonchev–Trinajstić information content (AvgIpc) is 2.80. The predicted molar refractivity (Wildman–Crippen MR) is 147 cm³/mol. The molecule has 186 valence electrons. The van der Waals surface area contributed by atoms with Crippen LogP contribution in [0, 0.1) is 0 Å². The Morgan fingerprint density at radius 3 is 2.60 bits per heavy atom. The molecule has 1 heterocycles. The van der Waals surface area contributed by atoms with Crippen molar-refractivity contribution >= 4 is 33.0 Å². The molecule has 1 atom stereocenters. The molecule has 0 saturated carbocycles. The molecule has 35 heavy (non-hydrogen) atoms. The molecule has 0 fully saturated rings. The number of halogens is 1. The van der Waals surface area contributed by atoms with E-state index in [0.717, 1.165) is 27.8 Å². The monoisotopic (exact) mass is 539 g/mol. The number of benzene rings is 2. The van der Waals surface area contributed by atoms with Crippen LogP contribution in [0.2, 0.25) is 0 Å². The molecule has 0 bridgehead atoms. The average molecular weight is 541 g/mol. The van der Waals surface area contributed by atoms with Gasteiger partial charge in [-0.05, 0) is 62.6 Å². The Morgan fingerprint density at radius 1 is 1.23 bits per heavy atom. The van der Waals surface area contributed by atoms with E-state index in [2.05, 4.69) is 34.5 Å². The third kappa shape index (κ3) is 6.20. The molecule has 0 aliphatic rings. The summed E-state index contributed by atoms with van der Waals surface area (Å²) in [4.78, 5) is 18.2. The molecule has 7 heteroatoms. The summed E-state index contributed by atoms with van der Waals surface area (Å²) in [5, 5.41) is 5.11. The lowest BCUT2D eigenvalue weighted by atomic mass is 9.95. The minimum Gasteiger partial charge on any atom is -0.490 e. The third-order valence-corrected chi connectivity index (χ3v) is 6.01. The molecule has 0 aliphatic carbocycles. The zero-order chi connectivity index (χ0) is 25.8. The van der Waals surface area contributed by atoms with Gasteiger partial charge in [0.15, 0.2) is 11.5 Å². The Hall–Kier alpha value is -2.93. The number of allylic oxidation sites excluding steroid dienone is 1. The van der Waals surface area contributed by atoms with Gasteiger partial charge in [-0.25, -0.2) is 4.98 Å². The number of fused-ring (bicyclic) bond motifs is 1. The summed E-state index contributed by atoms with van der Waals surface area (Å²) in [6.07, 6.45) is 5.05. The third-order valence-electron chi connectivity index (χ3n) is 5.51. The van der Waals surface area contributed by atoms with Gasteiger partial charge in [0.05, 0.1) is 29.8 Å². The molecule has 2 aromatic carbocycles. The smallest absolute Gasteiger partial charge is 0.282 e. The second kappa shape index (κ2) is 11.2. The molecule has 0 aliphatic heterocycles. The highest BCUT2D eigenvalue weighted by Gasteiger charge is 2.23. The van der Waals surface area contributed by atoms with Crippen molar-refractivity contribution in [2.24, 2.45) is 5.10 Å². The largest absolute Gasteiger partial charge is 0.490 e. The van der Waals surface area contributed by atoms with Gasteiger partial charge in [0, 0.05) is 15.5 Å². The molecular formula is C28H34BrN3O3. The van der Waals surface area contributed by atoms with Crippen molar-refractivity contribution in [1.29, 1.82) is 0 Å². The van der Waals surface area contributed by atoms with Crippen LogP contribution in [0.3, 0.4) is 0 Å². The van der Waals surface area contributed by atoms with Gasteiger partial charge in [0.2, 0.25) is 0 Å². The zero-order valence-corrected chi connectivity index (χ0v) is 23.0. The highest BCUT2D eigenvalue weighted by Crippen LogP contribution is 2.35. The quantitative estimate of drug-likeness (QED) is 0.225. The Morgan fingerprint density at radius 2 is 1.97 bits per heavy atom. The number of ether oxygens (including phenoxy) is 2. The number of rotatable bonds is 9. The van der Waals surface area contributed by atoms with Crippen LogP contribution in [0.15, 0.2) is 57.4 Å². The molecule has 0 spiro atoms. The van der Waals surface area contributed by atoms with E-state index in [1.807, 2.05) is 65.0 Å². The molecule has 0 unspecified atom stereocenters. The first-order chi connectivity index (χ1) is 16.6. The van der Waals surface area contributed by atoms with Crippen LogP contribution in [0.25, 0.3) is 10.9 Å². The van der Waals surface area contributed by atoms with Crippen LogP contribution in [0.1, 0.15) is 64.9 Å². The Kier molecular flexibility index (Phi) is 8.54. The number of hydrogen-bond acceptors (Lipinski definition) is 5. The van der Waals surface area contributed by atoms with Crippen molar-refractivity contribution in [3.63, 3.8) is 0 Å². The first-order valence-electron chi connectivity index (χ1n) is 11.9. The molecule has 6 nitrogen and oxygen atoms in total. The highest BCUT2D eigenvalue weighted by atomic mass is 79.9. The van der Waals surface area contributed by atoms with Gasteiger partial charge in [0.1, 0.15) is 5.82 Å². The van der Waals surface area contributed by atoms with Crippen molar-refractivity contribution in [3.8, 4) is 11.5 Å². The van der Waals surface area contributed by atoms with Crippen molar-refractivity contribution in [2.45, 2.75) is 65.9 Å². The minimum absolute atomic E-state index is 0.0493. The van der Waals surface area contributed by atoms with E-state index < -0.39 is 5.41 Å². The van der Waals surface area contributed by atoms with E-state index >= 15 is 0 Å². The second-order valence-electron chi connectivity index (χ2n) is 9.48. The number of aromatic nitrogens is 2. The lowest BCUT2D eigenvalue weighted by Crippen LogP contribution is -2.29. The number of hydrogen-bond donors (Lipinski definition) is 0. The van der Waals surface area contributed by atoms with Gasteiger partial charge in [-0.2, -0.15) is 9.78 Å². The minimum atomic E-state index is -0.393. The lowest BCUT2D eigenvalue weighted by Gasteiger charge is -2.21. The Bertz CT molecular complexity index is 1310. The van der Waals surface area contributed by atoms with Crippen molar-refractivity contribution in [3.05, 3.63) is 74.8 Å². The fourth-order valence-electron chi connectivity index (χ4n) is 3.61. The summed E-state index contributed by atoms with van der Waals surface area (Å²) in [5.74, 6) is 1.96. The van der Waals surface area contributed by atoms with Crippen LogP contribution in [0.4, 0.5) is 0 Å². The van der Waals surface area contributed by atoms with E-state index in [1.54, 1.807) is 12.3 Å². The fourth-order valence-corrected chi connectivity index (χ4v) is 3.97. The van der Waals surface area contributed by atoms with E-state index in [9.17, 15) is 4.79 Å². The Labute approximate surface area is 215 Å². The summed E-state index contributed by atoms with van der Waals surface area (Å²) >= 11 is 3.45. The summed E-state index contributed by atoms with van der Waals surface area (Å²) in [5.41, 5.74) is 1.79. The van der Waals surface area contributed by atoms with E-state index in [4.69, 9.17) is 14.5 Å². The normalized spacial score (nSPS) is 12.8. The van der Waals surface area contributed by atoms with Gasteiger partial charge in [-0.3, -0.25) is 4.79 Å². The highest BCUT2D eigenvalue weighted by molar-refractivity contribution is 9.10. The predicted octanol–water partition coefficient (Wildman–Crippen LogP) is 6.64. The Balaban J connectivity index is 2.18. The van der Waals surface area contributed by atoms with Crippen molar-refractivity contribution in [1.82, 2.24) is 9.66 Å². The number of nitrogens with zero attached hydrogens (tertiary/aromatic N) is 3. The van der Waals surface area contributed by atoms with Crippen LogP contribution in [0.5, 0.6) is 11.5 Å². The standard InChI is InChI=1S/C28H34BrN3O3/c1-8-11-20-14-19(15-24(34-10-3)25(20)35-18(4)9-2)17-30-32-26(33)22-16-21(29)12-13-23(22)31-27(32)28(5,6)7/h8,12-18H,1,9-11H2,2-7H3/t18-/m0/s1. The van der Waals surface area contributed by atoms with Crippen LogP contribution >= 0.6 is 15.9 Å². The van der Waals surface area contributed by atoms with Gasteiger partial charge < -0.3 is 9.47 Å². The van der Waals surface area contributed by atoms with Gasteiger partial charge in [0.25, 0.3) is 5.56 Å². The van der Waals surface area contributed by atoms with Gasteiger partial charge >= 0.3 is 0 Å². The van der Waals surface area contributed by atoms with E-state index in [0.29, 0.717) is 35.5 Å². The summed E-state index contributed by atoms with van der Waals surface area (Å²) in [6, 6.07) is 9.40. The van der Waals surface area contributed by atoms with Crippen LogP contribution in [-0.2, 0) is 11.8 Å². The molecule has 1 aromatic heterocycles. The van der Waals surface area contributed by atoms with E-state index in [1.165, 1.54) is 4.68 Å². The maximum absolute atomic E-state index is 13.4. The summed E-state index contributed by atoms with van der Waals surface area (Å²) in [7, 11) is 0. The van der Waals surface area contributed by atoms with Crippen molar-refractivity contribution in [2.75, 3.05) is 6.61 Å².